The molecule has 0 radical (unpaired) electrons. The lowest BCUT2D eigenvalue weighted by molar-refractivity contribution is 0.0381. The first kappa shape index (κ1) is 12.5. The highest BCUT2D eigenvalue weighted by Crippen LogP contribution is 2.26. The Morgan fingerprint density at radius 1 is 1.71 bits per heavy atom. The predicted octanol–water partition coefficient (Wildman–Crippen LogP) is 1.14. The lowest BCUT2D eigenvalue weighted by Gasteiger charge is -2.33. The number of aromatic nitrogens is 2. The summed E-state index contributed by atoms with van der Waals surface area (Å²) < 4.78 is 6.50. The molecule has 1 aliphatic heterocycles. The Morgan fingerprint density at radius 3 is 3.24 bits per heavy atom. The summed E-state index contributed by atoms with van der Waals surface area (Å²) in [6, 6.07) is 0. The SMILES string of the molecule is CCC1CN(c2nc(NN)ncc2Br)CCO1. The molecular weight excluding hydrogens is 286 g/mol. The molecule has 1 aromatic rings. The van der Waals surface area contributed by atoms with Crippen molar-refractivity contribution in [1.82, 2.24) is 9.97 Å². The molecule has 0 spiro atoms. The van der Waals surface area contributed by atoms with Crippen LogP contribution >= 0.6 is 15.9 Å². The van der Waals surface area contributed by atoms with E-state index >= 15 is 0 Å². The van der Waals surface area contributed by atoms with Crippen molar-refractivity contribution in [1.29, 1.82) is 0 Å². The molecule has 17 heavy (non-hydrogen) atoms. The van der Waals surface area contributed by atoms with Gasteiger partial charge in [0, 0.05) is 19.3 Å². The van der Waals surface area contributed by atoms with Crippen LogP contribution in [-0.4, -0.2) is 35.8 Å². The molecule has 94 valence electrons. The fourth-order valence-corrected chi connectivity index (χ4v) is 2.25. The highest BCUT2D eigenvalue weighted by atomic mass is 79.9. The molecule has 1 atom stereocenters. The van der Waals surface area contributed by atoms with Crippen LogP contribution in [0.1, 0.15) is 13.3 Å². The predicted molar refractivity (Wildman–Crippen MR) is 69.8 cm³/mol. The van der Waals surface area contributed by atoms with Crippen molar-refractivity contribution in [2.24, 2.45) is 5.84 Å². The van der Waals surface area contributed by atoms with Crippen molar-refractivity contribution >= 4 is 27.7 Å². The molecule has 0 aromatic carbocycles. The van der Waals surface area contributed by atoms with Crippen molar-refractivity contribution in [2.75, 3.05) is 30.0 Å². The summed E-state index contributed by atoms with van der Waals surface area (Å²) in [4.78, 5) is 10.6. The van der Waals surface area contributed by atoms with Crippen molar-refractivity contribution in [3.8, 4) is 0 Å². The zero-order chi connectivity index (χ0) is 12.3. The second kappa shape index (κ2) is 5.61. The number of hydrazine groups is 1. The maximum atomic E-state index is 5.63. The Morgan fingerprint density at radius 2 is 2.53 bits per heavy atom. The second-order valence-electron chi connectivity index (χ2n) is 3.86. The first-order valence-corrected chi connectivity index (χ1v) is 6.39. The average Bonchev–Trinajstić information content (AvgIpc) is 2.39. The Bertz CT molecular complexity index is 389. The molecule has 3 N–H and O–H groups in total. The molecule has 1 unspecified atom stereocenters. The molecule has 1 aliphatic rings. The molecule has 2 rings (SSSR count). The van der Waals surface area contributed by atoms with Crippen molar-refractivity contribution in [2.45, 2.75) is 19.4 Å². The standard InChI is InChI=1S/C10H16BrN5O/c1-2-7-6-16(3-4-17-7)9-8(11)5-13-10(14-9)15-12/h5,7H,2-4,6,12H2,1H3,(H,13,14,15). The topological polar surface area (TPSA) is 76.3 Å². The van der Waals surface area contributed by atoms with Crippen molar-refractivity contribution in [3.63, 3.8) is 0 Å². The Kier molecular flexibility index (Phi) is 4.14. The van der Waals surface area contributed by atoms with E-state index in [0.29, 0.717) is 5.95 Å². The van der Waals surface area contributed by atoms with Crippen LogP contribution in [0.5, 0.6) is 0 Å². The number of rotatable bonds is 3. The van der Waals surface area contributed by atoms with E-state index < -0.39 is 0 Å². The number of nitrogens with zero attached hydrogens (tertiary/aromatic N) is 3. The monoisotopic (exact) mass is 301 g/mol. The summed E-state index contributed by atoms with van der Waals surface area (Å²) in [7, 11) is 0. The van der Waals surface area contributed by atoms with Gasteiger partial charge in [0.15, 0.2) is 0 Å². The van der Waals surface area contributed by atoms with E-state index in [9.17, 15) is 0 Å². The van der Waals surface area contributed by atoms with Gasteiger partial charge in [-0.1, -0.05) is 6.92 Å². The molecule has 1 fully saturated rings. The first-order valence-electron chi connectivity index (χ1n) is 5.60. The summed E-state index contributed by atoms with van der Waals surface area (Å²) in [6.45, 7) is 4.52. The van der Waals surface area contributed by atoms with E-state index in [4.69, 9.17) is 10.6 Å². The maximum Gasteiger partial charge on any atom is 0.239 e. The minimum atomic E-state index is 0.264. The first-order chi connectivity index (χ1) is 8.24. The van der Waals surface area contributed by atoms with Gasteiger partial charge in [0.05, 0.1) is 17.2 Å². The van der Waals surface area contributed by atoms with Gasteiger partial charge in [0.25, 0.3) is 0 Å². The zero-order valence-corrected chi connectivity index (χ0v) is 11.3. The van der Waals surface area contributed by atoms with E-state index in [1.807, 2.05) is 0 Å². The fraction of sp³-hybridized carbons (Fsp3) is 0.600. The highest BCUT2D eigenvalue weighted by molar-refractivity contribution is 9.10. The molecular formula is C10H16BrN5O. The van der Waals surface area contributed by atoms with Crippen LogP contribution in [0.2, 0.25) is 0 Å². The van der Waals surface area contributed by atoms with Crippen LogP contribution in [0.4, 0.5) is 11.8 Å². The van der Waals surface area contributed by atoms with E-state index in [-0.39, 0.29) is 6.10 Å². The highest BCUT2D eigenvalue weighted by Gasteiger charge is 2.22. The molecule has 1 aromatic heterocycles. The van der Waals surface area contributed by atoms with Crippen LogP contribution in [0.25, 0.3) is 0 Å². The third-order valence-electron chi connectivity index (χ3n) is 2.75. The van der Waals surface area contributed by atoms with Crippen LogP contribution in [-0.2, 0) is 4.74 Å². The van der Waals surface area contributed by atoms with Gasteiger partial charge in [-0.3, -0.25) is 5.43 Å². The minimum Gasteiger partial charge on any atom is -0.375 e. The number of nitrogen functional groups attached to an aromatic ring is 1. The summed E-state index contributed by atoms with van der Waals surface area (Å²) in [6.07, 6.45) is 2.97. The van der Waals surface area contributed by atoms with Crippen molar-refractivity contribution in [3.05, 3.63) is 10.7 Å². The van der Waals surface area contributed by atoms with Crippen LogP contribution < -0.4 is 16.2 Å². The van der Waals surface area contributed by atoms with Crippen molar-refractivity contribution < 1.29 is 4.74 Å². The Hall–Kier alpha value is -0.920. The lowest BCUT2D eigenvalue weighted by Crippen LogP contribution is -2.42. The molecule has 0 bridgehead atoms. The number of nitrogens with one attached hydrogen (secondary N) is 1. The molecule has 7 heteroatoms. The smallest absolute Gasteiger partial charge is 0.239 e. The van der Waals surface area contributed by atoms with Crippen LogP contribution in [0.3, 0.4) is 0 Å². The van der Waals surface area contributed by atoms with Gasteiger partial charge in [-0.25, -0.2) is 10.8 Å². The summed E-state index contributed by atoms with van der Waals surface area (Å²) in [5.74, 6) is 6.59. The van der Waals surface area contributed by atoms with Gasteiger partial charge in [0.2, 0.25) is 5.95 Å². The normalized spacial score (nSPS) is 20.4. The quantitative estimate of drug-likeness (QED) is 0.644. The van der Waals surface area contributed by atoms with Gasteiger partial charge in [-0.2, -0.15) is 4.98 Å². The molecule has 0 aliphatic carbocycles. The van der Waals surface area contributed by atoms with Gasteiger partial charge in [-0.15, -0.1) is 0 Å². The number of morpholine rings is 1. The van der Waals surface area contributed by atoms with E-state index in [1.54, 1.807) is 6.20 Å². The molecule has 0 saturated carbocycles. The number of hydrogen-bond acceptors (Lipinski definition) is 6. The lowest BCUT2D eigenvalue weighted by atomic mass is 10.2. The third kappa shape index (κ3) is 2.85. The van der Waals surface area contributed by atoms with Gasteiger partial charge < -0.3 is 9.64 Å². The summed E-state index contributed by atoms with van der Waals surface area (Å²) >= 11 is 3.46. The largest absolute Gasteiger partial charge is 0.375 e. The Labute approximate surface area is 109 Å². The number of ether oxygens (including phenoxy) is 1. The minimum absolute atomic E-state index is 0.264. The van der Waals surface area contributed by atoms with Gasteiger partial charge in [0.1, 0.15) is 5.82 Å². The molecule has 2 heterocycles. The van der Waals surface area contributed by atoms with Crippen LogP contribution in [0.15, 0.2) is 10.7 Å². The van der Waals surface area contributed by atoms with E-state index in [2.05, 4.69) is 43.1 Å². The fourth-order valence-electron chi connectivity index (χ4n) is 1.81. The van der Waals surface area contributed by atoms with Crippen LogP contribution in [0, 0.1) is 0 Å². The van der Waals surface area contributed by atoms with Gasteiger partial charge in [-0.05, 0) is 22.4 Å². The number of hydrogen-bond donors (Lipinski definition) is 2. The second-order valence-corrected chi connectivity index (χ2v) is 4.71. The van der Waals surface area contributed by atoms with E-state index in [1.165, 1.54) is 0 Å². The summed E-state index contributed by atoms with van der Waals surface area (Å²) in [5, 5.41) is 0. The summed E-state index contributed by atoms with van der Waals surface area (Å²) in [5.41, 5.74) is 2.46. The zero-order valence-electron chi connectivity index (χ0n) is 9.69. The van der Waals surface area contributed by atoms with Gasteiger partial charge >= 0.3 is 0 Å². The van der Waals surface area contributed by atoms with E-state index in [0.717, 1.165) is 36.4 Å². The number of anilines is 2. The number of nitrogens with two attached hydrogens (primary N) is 1. The molecule has 0 amide bonds. The average molecular weight is 302 g/mol. The third-order valence-corrected chi connectivity index (χ3v) is 3.31. The number of halogens is 1. The Balaban J connectivity index is 2.20. The molecule has 1 saturated heterocycles. The maximum absolute atomic E-state index is 5.63. The molecule has 6 nitrogen and oxygen atoms in total.